The summed E-state index contributed by atoms with van der Waals surface area (Å²) in [6.07, 6.45) is 2.43. The lowest BCUT2D eigenvalue weighted by Crippen LogP contribution is -2.28. The second-order valence-corrected chi connectivity index (χ2v) is 4.37. The number of hydrogen-bond donors (Lipinski definition) is 0. The minimum atomic E-state index is -0.450. The predicted molar refractivity (Wildman–Crippen MR) is 66.2 cm³/mol. The Hall–Kier alpha value is -1.57. The van der Waals surface area contributed by atoms with Gasteiger partial charge < -0.3 is 4.74 Å². The first-order valence-electron chi connectivity index (χ1n) is 5.45. The van der Waals surface area contributed by atoms with Gasteiger partial charge in [0.25, 0.3) is 0 Å². The topological polar surface area (TPSA) is 26.3 Å². The van der Waals surface area contributed by atoms with E-state index in [4.69, 9.17) is 4.74 Å². The summed E-state index contributed by atoms with van der Waals surface area (Å²) in [5.74, 6) is 0.369. The zero-order valence-electron chi connectivity index (χ0n) is 10.1. The van der Waals surface area contributed by atoms with E-state index in [1.54, 1.807) is 12.1 Å². The molecular formula is C14H18O2. The van der Waals surface area contributed by atoms with Crippen molar-refractivity contribution in [3.05, 3.63) is 36.4 Å². The van der Waals surface area contributed by atoms with Crippen LogP contribution in [-0.2, 0) is 4.79 Å². The molecule has 0 spiro atoms. The molecule has 0 N–H and O–H groups in total. The molecule has 0 aromatic heterocycles. The summed E-state index contributed by atoms with van der Waals surface area (Å²) in [6.45, 7) is 9.42. The summed E-state index contributed by atoms with van der Waals surface area (Å²) >= 11 is 0. The van der Waals surface area contributed by atoms with E-state index in [0.717, 1.165) is 12.0 Å². The average molecular weight is 218 g/mol. The normalized spacial score (nSPS) is 10.9. The molecule has 0 heterocycles. The molecule has 0 aliphatic rings. The summed E-state index contributed by atoms with van der Waals surface area (Å²) in [6, 6.07) is 7.38. The predicted octanol–water partition coefficient (Wildman–Crippen LogP) is 3.67. The van der Waals surface area contributed by atoms with Crippen molar-refractivity contribution < 1.29 is 9.53 Å². The van der Waals surface area contributed by atoms with E-state index in [9.17, 15) is 4.79 Å². The lowest BCUT2D eigenvalue weighted by molar-refractivity contribution is -0.144. The molecule has 0 atom stereocenters. The van der Waals surface area contributed by atoms with Gasteiger partial charge in [-0.15, -0.1) is 0 Å². The first kappa shape index (κ1) is 12.5. The highest BCUT2D eigenvalue weighted by atomic mass is 16.5. The lowest BCUT2D eigenvalue weighted by atomic mass is 9.91. The molecule has 0 saturated carbocycles. The highest BCUT2D eigenvalue weighted by Gasteiger charge is 2.27. The third-order valence-corrected chi connectivity index (χ3v) is 2.78. The highest BCUT2D eigenvalue weighted by Crippen LogP contribution is 2.26. The molecule has 1 aromatic rings. The average Bonchev–Trinajstić information content (AvgIpc) is 2.29. The number of carbonyl (C=O) groups excluding carboxylic acids is 1. The first-order chi connectivity index (χ1) is 7.51. The summed E-state index contributed by atoms with van der Waals surface area (Å²) in [5.41, 5.74) is 0.386. The van der Waals surface area contributed by atoms with Crippen LogP contribution < -0.4 is 4.74 Å². The van der Waals surface area contributed by atoms with Crippen molar-refractivity contribution in [1.82, 2.24) is 0 Å². The van der Waals surface area contributed by atoms with Gasteiger partial charge in [0.2, 0.25) is 0 Å². The minimum absolute atomic E-state index is 0.204. The number of esters is 1. The Morgan fingerprint density at radius 3 is 2.62 bits per heavy atom. The van der Waals surface area contributed by atoms with Crippen LogP contribution in [0.25, 0.3) is 6.08 Å². The van der Waals surface area contributed by atoms with Gasteiger partial charge in [-0.2, -0.15) is 0 Å². The molecule has 0 unspecified atom stereocenters. The molecule has 2 heteroatoms. The van der Waals surface area contributed by atoms with Crippen molar-refractivity contribution in [2.24, 2.45) is 5.41 Å². The van der Waals surface area contributed by atoms with Crippen LogP contribution in [0.5, 0.6) is 5.75 Å². The maximum Gasteiger partial charge on any atom is 0.316 e. The third kappa shape index (κ3) is 2.72. The molecule has 0 radical (unpaired) electrons. The van der Waals surface area contributed by atoms with Crippen LogP contribution in [0.3, 0.4) is 0 Å². The van der Waals surface area contributed by atoms with Gasteiger partial charge in [0.1, 0.15) is 5.75 Å². The van der Waals surface area contributed by atoms with Gasteiger partial charge in [0.15, 0.2) is 0 Å². The van der Waals surface area contributed by atoms with Crippen LogP contribution in [0.2, 0.25) is 0 Å². The van der Waals surface area contributed by atoms with Crippen LogP contribution in [0.1, 0.15) is 32.8 Å². The van der Waals surface area contributed by atoms with Gasteiger partial charge in [-0.3, -0.25) is 4.79 Å². The molecule has 1 rings (SSSR count). The van der Waals surface area contributed by atoms with E-state index in [2.05, 4.69) is 6.58 Å². The SMILES string of the molecule is C=Cc1ccccc1OC(=O)C(C)(C)CC. The van der Waals surface area contributed by atoms with E-state index >= 15 is 0 Å². The second-order valence-electron chi connectivity index (χ2n) is 4.37. The fraction of sp³-hybridized carbons (Fsp3) is 0.357. The second kappa shape index (κ2) is 4.97. The summed E-state index contributed by atoms with van der Waals surface area (Å²) < 4.78 is 5.38. The lowest BCUT2D eigenvalue weighted by Gasteiger charge is -2.20. The Balaban J connectivity index is 2.89. The molecule has 0 amide bonds. The Kier molecular flexibility index (Phi) is 3.88. The number of benzene rings is 1. The monoisotopic (exact) mass is 218 g/mol. The van der Waals surface area contributed by atoms with Crippen LogP contribution in [0.15, 0.2) is 30.8 Å². The Morgan fingerprint density at radius 1 is 1.44 bits per heavy atom. The van der Waals surface area contributed by atoms with E-state index in [1.807, 2.05) is 39.0 Å². The zero-order chi connectivity index (χ0) is 12.2. The van der Waals surface area contributed by atoms with Crippen LogP contribution in [0, 0.1) is 5.41 Å². The molecular weight excluding hydrogens is 200 g/mol. The van der Waals surface area contributed by atoms with E-state index in [1.165, 1.54) is 0 Å². The van der Waals surface area contributed by atoms with Gasteiger partial charge in [0.05, 0.1) is 5.41 Å². The number of rotatable bonds is 4. The fourth-order valence-corrected chi connectivity index (χ4v) is 1.12. The van der Waals surface area contributed by atoms with Crippen molar-refractivity contribution in [1.29, 1.82) is 0 Å². The fourth-order valence-electron chi connectivity index (χ4n) is 1.12. The molecule has 0 bridgehead atoms. The van der Waals surface area contributed by atoms with Crippen molar-refractivity contribution in [2.45, 2.75) is 27.2 Å². The summed E-state index contributed by atoms with van der Waals surface area (Å²) in [7, 11) is 0. The Morgan fingerprint density at radius 2 is 2.06 bits per heavy atom. The van der Waals surface area contributed by atoms with Gasteiger partial charge in [0, 0.05) is 5.56 Å². The Bertz CT molecular complexity index is 391. The number of ether oxygens (including phenoxy) is 1. The minimum Gasteiger partial charge on any atom is -0.425 e. The van der Waals surface area contributed by atoms with Crippen molar-refractivity contribution in [3.8, 4) is 5.75 Å². The first-order valence-corrected chi connectivity index (χ1v) is 5.45. The quantitative estimate of drug-likeness (QED) is 0.569. The smallest absolute Gasteiger partial charge is 0.316 e. The standard InChI is InChI=1S/C14H18O2/c1-5-11-9-7-8-10-12(11)16-13(15)14(3,4)6-2/h5,7-10H,1,6H2,2-4H3. The summed E-state index contributed by atoms with van der Waals surface area (Å²) in [4.78, 5) is 11.9. The largest absolute Gasteiger partial charge is 0.425 e. The number of hydrogen-bond acceptors (Lipinski definition) is 2. The molecule has 1 aromatic carbocycles. The molecule has 0 aliphatic carbocycles. The molecule has 2 nitrogen and oxygen atoms in total. The van der Waals surface area contributed by atoms with Crippen molar-refractivity contribution >= 4 is 12.0 Å². The summed E-state index contributed by atoms with van der Waals surface area (Å²) in [5, 5.41) is 0. The van der Waals surface area contributed by atoms with Gasteiger partial charge >= 0.3 is 5.97 Å². The number of para-hydroxylation sites is 1. The van der Waals surface area contributed by atoms with E-state index < -0.39 is 5.41 Å². The molecule has 16 heavy (non-hydrogen) atoms. The van der Waals surface area contributed by atoms with Crippen LogP contribution in [-0.4, -0.2) is 5.97 Å². The third-order valence-electron chi connectivity index (χ3n) is 2.78. The van der Waals surface area contributed by atoms with Crippen LogP contribution in [0.4, 0.5) is 0 Å². The molecule has 0 fully saturated rings. The highest BCUT2D eigenvalue weighted by molar-refractivity contribution is 5.79. The maximum absolute atomic E-state index is 11.9. The maximum atomic E-state index is 11.9. The Labute approximate surface area is 96.9 Å². The van der Waals surface area contributed by atoms with Crippen LogP contribution >= 0.6 is 0 Å². The van der Waals surface area contributed by atoms with Gasteiger partial charge in [-0.05, 0) is 26.3 Å². The molecule has 0 aliphatic heterocycles. The zero-order valence-corrected chi connectivity index (χ0v) is 10.1. The van der Waals surface area contributed by atoms with E-state index in [-0.39, 0.29) is 5.97 Å². The van der Waals surface area contributed by atoms with Crippen molar-refractivity contribution in [2.75, 3.05) is 0 Å². The van der Waals surface area contributed by atoms with Gasteiger partial charge in [-0.1, -0.05) is 37.8 Å². The van der Waals surface area contributed by atoms with Crippen molar-refractivity contribution in [3.63, 3.8) is 0 Å². The molecule has 0 saturated heterocycles. The molecule has 86 valence electrons. The van der Waals surface area contributed by atoms with E-state index in [0.29, 0.717) is 5.75 Å². The number of carbonyl (C=O) groups is 1. The van der Waals surface area contributed by atoms with Gasteiger partial charge in [-0.25, -0.2) is 0 Å².